The molecule has 0 aliphatic rings. The fraction of sp³-hybridized carbons (Fsp3) is 0.375. The summed E-state index contributed by atoms with van der Waals surface area (Å²) >= 11 is 5.48. The Morgan fingerprint density at radius 3 is 2.47 bits per heavy atom. The van der Waals surface area contributed by atoms with Gasteiger partial charge in [0.1, 0.15) is 0 Å². The second-order valence-electron chi connectivity index (χ2n) is 4.90. The van der Waals surface area contributed by atoms with Gasteiger partial charge in [-0.15, -0.1) is 11.3 Å². The lowest BCUT2D eigenvalue weighted by Gasteiger charge is -2.20. The maximum Gasteiger partial charge on any atom is 0.0676 e. The fourth-order valence-corrected chi connectivity index (χ4v) is 3.93. The predicted molar refractivity (Wildman–Crippen MR) is 88.2 cm³/mol. The van der Waals surface area contributed by atoms with Crippen molar-refractivity contribution in [3.8, 4) is 0 Å². The molecule has 1 heterocycles. The highest BCUT2D eigenvalue weighted by atomic mass is 79.9. The van der Waals surface area contributed by atoms with Crippen LogP contribution in [0, 0.1) is 20.8 Å². The summed E-state index contributed by atoms with van der Waals surface area (Å²) in [4.78, 5) is 2.81. The van der Waals surface area contributed by atoms with Crippen molar-refractivity contribution in [1.29, 1.82) is 0 Å². The molecule has 1 N–H and O–H groups in total. The van der Waals surface area contributed by atoms with E-state index in [-0.39, 0.29) is 0 Å². The van der Waals surface area contributed by atoms with Crippen LogP contribution in [0.2, 0.25) is 0 Å². The second-order valence-corrected chi connectivity index (χ2v) is 7.10. The third kappa shape index (κ3) is 3.28. The highest BCUT2D eigenvalue weighted by Crippen LogP contribution is 2.34. The molecule has 0 fully saturated rings. The zero-order valence-electron chi connectivity index (χ0n) is 11.9. The molecule has 1 atom stereocenters. The summed E-state index contributed by atoms with van der Waals surface area (Å²) < 4.78 is 1.14. The van der Waals surface area contributed by atoms with E-state index in [0.29, 0.717) is 6.04 Å². The van der Waals surface area contributed by atoms with Crippen LogP contribution in [0.25, 0.3) is 0 Å². The van der Waals surface area contributed by atoms with Gasteiger partial charge in [-0.2, -0.15) is 0 Å². The van der Waals surface area contributed by atoms with Crippen LogP contribution in [-0.2, 0) is 0 Å². The van der Waals surface area contributed by atoms with E-state index in [4.69, 9.17) is 0 Å². The van der Waals surface area contributed by atoms with E-state index >= 15 is 0 Å². The van der Waals surface area contributed by atoms with Gasteiger partial charge >= 0.3 is 0 Å². The summed E-state index contributed by atoms with van der Waals surface area (Å²) in [6.07, 6.45) is 0. The van der Waals surface area contributed by atoms with E-state index in [0.717, 1.165) is 11.0 Å². The Bertz CT molecular complexity index is 574. The quantitative estimate of drug-likeness (QED) is 0.814. The first-order chi connectivity index (χ1) is 9.02. The van der Waals surface area contributed by atoms with Gasteiger partial charge in [0, 0.05) is 14.2 Å². The SMILES string of the molecule is CCNC(c1cc(Br)ccc1C)c1sc(C)cc1C. The smallest absolute Gasteiger partial charge is 0.0676 e. The van der Waals surface area contributed by atoms with E-state index in [9.17, 15) is 0 Å². The van der Waals surface area contributed by atoms with Crippen molar-refractivity contribution < 1.29 is 0 Å². The molecular weight excluding hydrogens is 318 g/mol. The highest BCUT2D eigenvalue weighted by molar-refractivity contribution is 9.10. The molecular formula is C16H20BrNS. The van der Waals surface area contributed by atoms with Gasteiger partial charge in [-0.05, 0) is 62.2 Å². The van der Waals surface area contributed by atoms with Crippen molar-refractivity contribution in [2.45, 2.75) is 33.7 Å². The van der Waals surface area contributed by atoms with Crippen molar-refractivity contribution in [3.63, 3.8) is 0 Å². The largest absolute Gasteiger partial charge is 0.306 e. The Labute approximate surface area is 128 Å². The number of rotatable bonds is 4. The minimum Gasteiger partial charge on any atom is -0.306 e. The Kier molecular flexibility index (Phi) is 4.82. The number of hydrogen-bond acceptors (Lipinski definition) is 2. The summed E-state index contributed by atoms with van der Waals surface area (Å²) in [5, 5.41) is 3.63. The van der Waals surface area contributed by atoms with Gasteiger partial charge in [0.05, 0.1) is 6.04 Å². The monoisotopic (exact) mass is 337 g/mol. The summed E-state index contributed by atoms with van der Waals surface area (Å²) in [5.74, 6) is 0. The van der Waals surface area contributed by atoms with Crippen LogP contribution < -0.4 is 5.32 Å². The summed E-state index contributed by atoms with van der Waals surface area (Å²) in [7, 11) is 0. The molecule has 19 heavy (non-hydrogen) atoms. The van der Waals surface area contributed by atoms with E-state index < -0.39 is 0 Å². The Hall–Kier alpha value is -0.640. The Balaban J connectivity index is 2.51. The van der Waals surface area contributed by atoms with Crippen LogP contribution >= 0.6 is 27.3 Å². The number of aryl methyl sites for hydroxylation is 3. The van der Waals surface area contributed by atoms with E-state index in [1.54, 1.807) is 0 Å². The van der Waals surface area contributed by atoms with Crippen molar-refractivity contribution in [2.24, 2.45) is 0 Å². The molecule has 1 unspecified atom stereocenters. The first-order valence-electron chi connectivity index (χ1n) is 6.59. The maximum absolute atomic E-state index is 3.63. The van der Waals surface area contributed by atoms with E-state index in [1.165, 1.54) is 26.4 Å². The average molecular weight is 338 g/mol. The number of benzene rings is 1. The van der Waals surface area contributed by atoms with Gasteiger partial charge in [-0.3, -0.25) is 0 Å². The molecule has 0 bridgehead atoms. The number of halogens is 1. The standard InChI is InChI=1S/C16H20BrNS/c1-5-18-15(16-11(3)8-12(4)19-16)14-9-13(17)7-6-10(14)2/h6-9,15,18H,5H2,1-4H3. The first kappa shape index (κ1) is 14.8. The summed E-state index contributed by atoms with van der Waals surface area (Å²) in [6.45, 7) is 9.69. The normalized spacial score (nSPS) is 12.7. The molecule has 102 valence electrons. The van der Waals surface area contributed by atoms with Crippen LogP contribution in [0.4, 0.5) is 0 Å². The van der Waals surface area contributed by atoms with Crippen LogP contribution in [0.15, 0.2) is 28.7 Å². The average Bonchev–Trinajstić information content (AvgIpc) is 2.69. The van der Waals surface area contributed by atoms with Crippen LogP contribution in [0.1, 0.15) is 39.4 Å². The molecule has 2 rings (SSSR count). The Morgan fingerprint density at radius 2 is 1.89 bits per heavy atom. The van der Waals surface area contributed by atoms with E-state index in [2.05, 4.69) is 73.2 Å². The molecule has 0 aliphatic heterocycles. The van der Waals surface area contributed by atoms with Crippen molar-refractivity contribution >= 4 is 27.3 Å². The minimum absolute atomic E-state index is 0.293. The second kappa shape index (κ2) is 6.21. The molecule has 0 spiro atoms. The lowest BCUT2D eigenvalue weighted by molar-refractivity contribution is 0.634. The molecule has 1 aromatic heterocycles. The lowest BCUT2D eigenvalue weighted by atomic mass is 9.98. The van der Waals surface area contributed by atoms with Crippen LogP contribution in [0.5, 0.6) is 0 Å². The maximum atomic E-state index is 3.63. The van der Waals surface area contributed by atoms with Crippen molar-refractivity contribution in [2.75, 3.05) is 6.54 Å². The van der Waals surface area contributed by atoms with Gasteiger partial charge < -0.3 is 5.32 Å². The third-order valence-electron chi connectivity index (χ3n) is 3.30. The van der Waals surface area contributed by atoms with E-state index in [1.807, 2.05) is 11.3 Å². The molecule has 0 saturated heterocycles. The number of thiophene rings is 1. The third-order valence-corrected chi connectivity index (χ3v) is 5.01. The van der Waals surface area contributed by atoms with Gasteiger partial charge in [-0.1, -0.05) is 28.9 Å². The van der Waals surface area contributed by atoms with Gasteiger partial charge in [0.15, 0.2) is 0 Å². The number of hydrogen-bond donors (Lipinski definition) is 1. The Morgan fingerprint density at radius 1 is 1.16 bits per heavy atom. The van der Waals surface area contributed by atoms with Gasteiger partial charge in [-0.25, -0.2) is 0 Å². The fourth-order valence-electron chi connectivity index (χ4n) is 2.42. The van der Waals surface area contributed by atoms with Crippen molar-refractivity contribution in [3.05, 3.63) is 55.2 Å². The van der Waals surface area contributed by atoms with Crippen LogP contribution in [0.3, 0.4) is 0 Å². The molecule has 1 aromatic carbocycles. The number of nitrogens with one attached hydrogen (secondary N) is 1. The minimum atomic E-state index is 0.293. The highest BCUT2D eigenvalue weighted by Gasteiger charge is 2.19. The van der Waals surface area contributed by atoms with Crippen LogP contribution in [-0.4, -0.2) is 6.54 Å². The zero-order chi connectivity index (χ0) is 14.0. The predicted octanol–water partition coefficient (Wildman–Crippen LogP) is 5.13. The molecule has 2 aromatic rings. The summed E-state index contributed by atoms with van der Waals surface area (Å²) in [6, 6.07) is 9.09. The van der Waals surface area contributed by atoms with Crippen molar-refractivity contribution in [1.82, 2.24) is 5.32 Å². The molecule has 0 amide bonds. The molecule has 0 saturated carbocycles. The van der Waals surface area contributed by atoms with Gasteiger partial charge in [0.25, 0.3) is 0 Å². The molecule has 0 aliphatic carbocycles. The van der Waals surface area contributed by atoms with Gasteiger partial charge in [0.2, 0.25) is 0 Å². The zero-order valence-corrected chi connectivity index (χ0v) is 14.3. The lowest BCUT2D eigenvalue weighted by Crippen LogP contribution is -2.22. The molecule has 0 radical (unpaired) electrons. The topological polar surface area (TPSA) is 12.0 Å². The molecule has 3 heteroatoms. The summed E-state index contributed by atoms with van der Waals surface area (Å²) in [5.41, 5.74) is 4.08. The molecule has 1 nitrogen and oxygen atoms in total. The first-order valence-corrected chi connectivity index (χ1v) is 8.20.